The molecule has 0 bridgehead atoms. The third-order valence-corrected chi connectivity index (χ3v) is 2.76. The minimum Gasteiger partial charge on any atom is -0.377 e. The zero-order valence-corrected chi connectivity index (χ0v) is 9.53. The Bertz CT molecular complexity index is 355. The van der Waals surface area contributed by atoms with Gasteiger partial charge in [-0.05, 0) is 18.9 Å². The smallest absolute Gasteiger partial charge is 0.220 e. The van der Waals surface area contributed by atoms with E-state index in [0.717, 1.165) is 6.42 Å². The third-order valence-electron chi connectivity index (χ3n) is 2.76. The Morgan fingerprint density at radius 3 is 2.62 bits per heavy atom. The Morgan fingerprint density at radius 1 is 1.38 bits per heavy atom. The lowest BCUT2D eigenvalue weighted by molar-refractivity contribution is -0.125. The number of rotatable bonds is 4. The first kappa shape index (κ1) is 11.1. The lowest BCUT2D eigenvalue weighted by atomic mass is 10.1. The molecule has 0 spiro atoms. The Labute approximate surface area is 95.8 Å². The van der Waals surface area contributed by atoms with Crippen molar-refractivity contribution in [1.29, 1.82) is 0 Å². The number of hydrogen-bond donors (Lipinski definition) is 1. The predicted molar refractivity (Wildman–Crippen MR) is 62.2 cm³/mol. The summed E-state index contributed by atoms with van der Waals surface area (Å²) in [4.78, 5) is 11.5. The first-order valence-corrected chi connectivity index (χ1v) is 5.67. The molecule has 86 valence electrons. The monoisotopic (exact) mass is 219 g/mol. The molecular formula is C13H17NO2. The maximum absolute atomic E-state index is 11.5. The van der Waals surface area contributed by atoms with Crippen LogP contribution in [0.2, 0.25) is 0 Å². The SMILES string of the molecule is Cc1ccc(CCC(=O)NC2COC2)cc1. The maximum atomic E-state index is 11.5. The van der Waals surface area contributed by atoms with Crippen LogP contribution in [-0.4, -0.2) is 25.2 Å². The Hall–Kier alpha value is -1.35. The van der Waals surface area contributed by atoms with E-state index >= 15 is 0 Å². The Morgan fingerprint density at radius 2 is 2.06 bits per heavy atom. The molecule has 0 radical (unpaired) electrons. The summed E-state index contributed by atoms with van der Waals surface area (Å²) in [5.74, 6) is 0.119. The van der Waals surface area contributed by atoms with Crippen LogP contribution in [0.1, 0.15) is 17.5 Å². The lowest BCUT2D eigenvalue weighted by Crippen LogP contribution is -2.48. The average molecular weight is 219 g/mol. The van der Waals surface area contributed by atoms with E-state index < -0.39 is 0 Å². The molecule has 0 aliphatic carbocycles. The van der Waals surface area contributed by atoms with Gasteiger partial charge in [0.25, 0.3) is 0 Å². The minimum atomic E-state index is 0.119. The normalized spacial score (nSPS) is 15.6. The third kappa shape index (κ3) is 3.07. The summed E-state index contributed by atoms with van der Waals surface area (Å²) in [5, 5.41) is 2.93. The van der Waals surface area contributed by atoms with Crippen LogP contribution in [0.25, 0.3) is 0 Å². The number of amides is 1. The molecule has 1 aliphatic heterocycles. The second-order valence-corrected chi connectivity index (χ2v) is 4.29. The lowest BCUT2D eigenvalue weighted by Gasteiger charge is -2.26. The molecule has 0 unspecified atom stereocenters. The number of aryl methyl sites for hydroxylation is 2. The summed E-state index contributed by atoms with van der Waals surface area (Å²) in [6.45, 7) is 3.39. The van der Waals surface area contributed by atoms with Crippen molar-refractivity contribution >= 4 is 5.91 Å². The van der Waals surface area contributed by atoms with Crippen molar-refractivity contribution in [3.63, 3.8) is 0 Å². The molecule has 1 heterocycles. The van der Waals surface area contributed by atoms with Crippen LogP contribution in [0.15, 0.2) is 24.3 Å². The van der Waals surface area contributed by atoms with Gasteiger partial charge in [-0.2, -0.15) is 0 Å². The Kier molecular flexibility index (Phi) is 3.57. The van der Waals surface area contributed by atoms with Crippen molar-refractivity contribution in [2.75, 3.05) is 13.2 Å². The van der Waals surface area contributed by atoms with Crippen molar-refractivity contribution in [1.82, 2.24) is 5.32 Å². The second-order valence-electron chi connectivity index (χ2n) is 4.29. The van der Waals surface area contributed by atoms with Crippen LogP contribution in [0.4, 0.5) is 0 Å². The highest BCUT2D eigenvalue weighted by Gasteiger charge is 2.19. The van der Waals surface area contributed by atoms with Gasteiger partial charge in [0.05, 0.1) is 19.3 Å². The summed E-state index contributed by atoms with van der Waals surface area (Å²) < 4.78 is 5.00. The molecule has 0 aromatic heterocycles. The van der Waals surface area contributed by atoms with Crippen molar-refractivity contribution in [3.8, 4) is 0 Å². The van der Waals surface area contributed by atoms with Crippen molar-refractivity contribution in [2.24, 2.45) is 0 Å². The standard InChI is InChI=1S/C13H17NO2/c1-10-2-4-11(5-3-10)6-7-13(15)14-12-8-16-9-12/h2-5,12H,6-9H2,1H3,(H,14,15). The molecule has 1 fully saturated rings. The van der Waals surface area contributed by atoms with Gasteiger partial charge in [-0.3, -0.25) is 4.79 Å². The summed E-state index contributed by atoms with van der Waals surface area (Å²) >= 11 is 0. The maximum Gasteiger partial charge on any atom is 0.220 e. The highest BCUT2D eigenvalue weighted by atomic mass is 16.5. The van der Waals surface area contributed by atoms with Gasteiger partial charge in [0, 0.05) is 6.42 Å². The van der Waals surface area contributed by atoms with Crippen LogP contribution in [0.3, 0.4) is 0 Å². The summed E-state index contributed by atoms with van der Waals surface area (Å²) in [7, 11) is 0. The van der Waals surface area contributed by atoms with Crippen molar-refractivity contribution in [3.05, 3.63) is 35.4 Å². The van der Waals surface area contributed by atoms with E-state index in [0.29, 0.717) is 19.6 Å². The zero-order chi connectivity index (χ0) is 11.4. The fourth-order valence-corrected chi connectivity index (χ4v) is 1.63. The molecule has 0 saturated carbocycles. The van der Waals surface area contributed by atoms with Crippen LogP contribution < -0.4 is 5.32 Å². The number of benzene rings is 1. The van der Waals surface area contributed by atoms with E-state index in [9.17, 15) is 4.79 Å². The highest BCUT2D eigenvalue weighted by molar-refractivity contribution is 5.76. The molecule has 1 saturated heterocycles. The first-order valence-electron chi connectivity index (χ1n) is 5.67. The quantitative estimate of drug-likeness (QED) is 0.832. The largest absolute Gasteiger partial charge is 0.377 e. The molecule has 16 heavy (non-hydrogen) atoms. The van der Waals surface area contributed by atoms with Crippen LogP contribution >= 0.6 is 0 Å². The molecule has 1 aliphatic rings. The zero-order valence-electron chi connectivity index (χ0n) is 9.53. The van der Waals surface area contributed by atoms with Crippen molar-refractivity contribution < 1.29 is 9.53 Å². The second kappa shape index (κ2) is 5.12. The van der Waals surface area contributed by atoms with Crippen molar-refractivity contribution in [2.45, 2.75) is 25.8 Å². The Balaban J connectivity index is 1.73. The van der Waals surface area contributed by atoms with E-state index in [2.05, 4.69) is 36.5 Å². The molecule has 2 rings (SSSR count). The summed E-state index contributed by atoms with van der Waals surface area (Å²) in [5.41, 5.74) is 2.46. The number of hydrogen-bond acceptors (Lipinski definition) is 2. The minimum absolute atomic E-state index is 0.119. The van der Waals surface area contributed by atoms with Crippen LogP contribution in [0.5, 0.6) is 0 Å². The molecular weight excluding hydrogens is 202 g/mol. The van der Waals surface area contributed by atoms with E-state index in [1.807, 2.05) is 0 Å². The first-order chi connectivity index (χ1) is 7.74. The fourth-order valence-electron chi connectivity index (χ4n) is 1.63. The number of carbonyl (C=O) groups excluding carboxylic acids is 1. The van der Waals surface area contributed by atoms with Gasteiger partial charge in [0.15, 0.2) is 0 Å². The van der Waals surface area contributed by atoms with E-state index in [-0.39, 0.29) is 11.9 Å². The molecule has 3 heteroatoms. The molecule has 1 aromatic rings. The topological polar surface area (TPSA) is 38.3 Å². The number of nitrogens with one attached hydrogen (secondary N) is 1. The predicted octanol–water partition coefficient (Wildman–Crippen LogP) is 1.44. The fraction of sp³-hybridized carbons (Fsp3) is 0.462. The molecule has 1 amide bonds. The van der Waals surface area contributed by atoms with Gasteiger partial charge in [-0.1, -0.05) is 29.8 Å². The van der Waals surface area contributed by atoms with E-state index in [1.54, 1.807) is 0 Å². The van der Waals surface area contributed by atoms with E-state index in [4.69, 9.17) is 4.74 Å². The van der Waals surface area contributed by atoms with Gasteiger partial charge in [-0.25, -0.2) is 0 Å². The van der Waals surface area contributed by atoms with Crippen LogP contribution in [0, 0.1) is 6.92 Å². The highest BCUT2D eigenvalue weighted by Crippen LogP contribution is 2.06. The molecule has 0 atom stereocenters. The number of ether oxygens (including phenoxy) is 1. The van der Waals surface area contributed by atoms with Crippen LogP contribution in [-0.2, 0) is 16.0 Å². The number of carbonyl (C=O) groups is 1. The molecule has 3 nitrogen and oxygen atoms in total. The van der Waals surface area contributed by atoms with Gasteiger partial charge in [-0.15, -0.1) is 0 Å². The van der Waals surface area contributed by atoms with Gasteiger partial charge in [0.1, 0.15) is 0 Å². The van der Waals surface area contributed by atoms with Gasteiger partial charge in [0.2, 0.25) is 5.91 Å². The van der Waals surface area contributed by atoms with Gasteiger partial charge >= 0.3 is 0 Å². The van der Waals surface area contributed by atoms with Gasteiger partial charge < -0.3 is 10.1 Å². The summed E-state index contributed by atoms with van der Waals surface area (Å²) in [6, 6.07) is 8.55. The molecule has 1 N–H and O–H groups in total. The molecule has 1 aromatic carbocycles. The summed E-state index contributed by atoms with van der Waals surface area (Å²) in [6.07, 6.45) is 1.36. The van der Waals surface area contributed by atoms with E-state index in [1.165, 1.54) is 11.1 Å². The average Bonchev–Trinajstić information content (AvgIpc) is 2.23.